The van der Waals surface area contributed by atoms with Gasteiger partial charge in [-0.15, -0.1) is 0 Å². The molecule has 22 heavy (non-hydrogen) atoms. The SMILES string of the molecule is CC1CCCCN1C(=S)Sc1ccc([N+](=O)[O-])cc1[N+](=O)[O-]. The van der Waals surface area contributed by atoms with E-state index in [0.717, 1.165) is 43.6 Å². The van der Waals surface area contributed by atoms with Gasteiger partial charge in [-0.1, -0.05) is 24.0 Å². The maximum absolute atomic E-state index is 11.1. The largest absolute Gasteiger partial charge is 0.355 e. The third-order valence-corrected chi connectivity index (χ3v) is 5.04. The van der Waals surface area contributed by atoms with Gasteiger partial charge < -0.3 is 4.90 Å². The van der Waals surface area contributed by atoms with Crippen LogP contribution in [0.15, 0.2) is 23.1 Å². The zero-order valence-corrected chi connectivity index (χ0v) is 13.6. The van der Waals surface area contributed by atoms with Crippen molar-refractivity contribution in [3.63, 3.8) is 0 Å². The van der Waals surface area contributed by atoms with Gasteiger partial charge in [-0.25, -0.2) is 0 Å². The molecule has 1 saturated heterocycles. The number of benzene rings is 1. The van der Waals surface area contributed by atoms with Crippen molar-refractivity contribution in [3.05, 3.63) is 38.4 Å². The molecule has 2 rings (SSSR count). The zero-order valence-electron chi connectivity index (χ0n) is 11.9. The minimum atomic E-state index is -0.646. The Labute approximate surface area is 137 Å². The van der Waals surface area contributed by atoms with Crippen molar-refractivity contribution in [2.75, 3.05) is 6.54 Å². The maximum atomic E-state index is 11.1. The van der Waals surface area contributed by atoms with Crippen LogP contribution in [0.4, 0.5) is 11.4 Å². The number of piperidine rings is 1. The van der Waals surface area contributed by atoms with E-state index in [9.17, 15) is 20.2 Å². The quantitative estimate of drug-likeness (QED) is 0.358. The normalized spacial score (nSPS) is 18.0. The van der Waals surface area contributed by atoms with Crippen LogP contribution in [-0.4, -0.2) is 31.7 Å². The van der Waals surface area contributed by atoms with Crippen molar-refractivity contribution in [2.45, 2.75) is 37.1 Å². The first-order valence-electron chi connectivity index (χ1n) is 6.81. The van der Waals surface area contributed by atoms with Crippen LogP contribution in [0.5, 0.6) is 0 Å². The second-order valence-electron chi connectivity index (χ2n) is 5.07. The lowest BCUT2D eigenvalue weighted by Crippen LogP contribution is -2.39. The molecule has 0 saturated carbocycles. The summed E-state index contributed by atoms with van der Waals surface area (Å²) in [5.41, 5.74) is -0.584. The van der Waals surface area contributed by atoms with E-state index in [0.29, 0.717) is 15.3 Å². The van der Waals surface area contributed by atoms with Gasteiger partial charge in [0.15, 0.2) is 0 Å². The molecular weight excluding hydrogens is 326 g/mol. The van der Waals surface area contributed by atoms with Crippen LogP contribution < -0.4 is 0 Å². The average Bonchev–Trinajstić information content (AvgIpc) is 2.47. The van der Waals surface area contributed by atoms with Crippen molar-refractivity contribution >= 4 is 39.7 Å². The Kier molecular flexibility index (Phi) is 5.30. The first-order valence-corrected chi connectivity index (χ1v) is 8.04. The number of nitro groups is 2. The van der Waals surface area contributed by atoms with Crippen molar-refractivity contribution in [1.82, 2.24) is 4.90 Å². The molecular formula is C13H15N3O4S2. The van der Waals surface area contributed by atoms with Crippen molar-refractivity contribution < 1.29 is 9.85 Å². The van der Waals surface area contributed by atoms with Crippen LogP contribution in [0.3, 0.4) is 0 Å². The summed E-state index contributed by atoms with van der Waals surface area (Å²) in [5, 5.41) is 21.9. The molecule has 1 unspecified atom stereocenters. The Morgan fingerprint density at radius 2 is 2.05 bits per heavy atom. The molecule has 1 aliphatic rings. The summed E-state index contributed by atoms with van der Waals surface area (Å²) in [6.07, 6.45) is 3.25. The molecule has 0 N–H and O–H groups in total. The van der Waals surface area contributed by atoms with Crippen molar-refractivity contribution in [2.24, 2.45) is 0 Å². The summed E-state index contributed by atoms with van der Waals surface area (Å²) in [4.78, 5) is 23.0. The van der Waals surface area contributed by atoms with Gasteiger partial charge in [0, 0.05) is 18.7 Å². The maximum Gasteiger partial charge on any atom is 0.290 e. The van der Waals surface area contributed by atoms with Gasteiger partial charge in [0.1, 0.15) is 4.32 Å². The summed E-state index contributed by atoms with van der Waals surface area (Å²) < 4.78 is 0.573. The van der Waals surface area contributed by atoms with Crippen LogP contribution in [-0.2, 0) is 0 Å². The van der Waals surface area contributed by atoms with E-state index in [1.54, 1.807) is 0 Å². The van der Waals surface area contributed by atoms with E-state index in [2.05, 4.69) is 11.8 Å². The van der Waals surface area contributed by atoms with E-state index in [4.69, 9.17) is 12.2 Å². The summed E-state index contributed by atoms with van der Waals surface area (Å²) >= 11 is 6.52. The standard InChI is InChI=1S/C13H15N3O4S2/c1-9-4-2-3-7-14(9)13(21)22-12-6-5-10(15(17)18)8-11(12)16(19)20/h5-6,8-9H,2-4,7H2,1H3. The van der Waals surface area contributed by atoms with Crippen LogP contribution in [0.25, 0.3) is 0 Å². The van der Waals surface area contributed by atoms with Gasteiger partial charge in [-0.05, 0) is 32.3 Å². The van der Waals surface area contributed by atoms with Crippen LogP contribution in [0.1, 0.15) is 26.2 Å². The smallest absolute Gasteiger partial charge is 0.290 e. The molecule has 0 aromatic heterocycles. The van der Waals surface area contributed by atoms with Gasteiger partial charge in [-0.3, -0.25) is 20.2 Å². The third kappa shape index (κ3) is 3.72. The summed E-state index contributed by atoms with van der Waals surface area (Å²) in [6, 6.07) is 3.94. The van der Waals surface area contributed by atoms with Gasteiger partial charge in [-0.2, -0.15) is 0 Å². The molecule has 9 heteroatoms. The van der Waals surface area contributed by atoms with Crippen molar-refractivity contribution in [3.8, 4) is 0 Å². The Balaban J connectivity index is 2.23. The summed E-state index contributed by atoms with van der Waals surface area (Å²) in [7, 11) is 0. The number of thioether (sulfide) groups is 1. The Bertz CT molecular complexity index is 623. The number of nitrogens with zero attached hydrogens (tertiary/aromatic N) is 3. The van der Waals surface area contributed by atoms with Gasteiger partial charge in [0.2, 0.25) is 0 Å². The summed E-state index contributed by atoms with van der Waals surface area (Å²) in [6.45, 7) is 2.92. The molecule has 1 heterocycles. The second kappa shape index (κ2) is 7.01. The molecule has 0 spiro atoms. The second-order valence-corrected chi connectivity index (χ2v) is 6.75. The van der Waals surface area contributed by atoms with E-state index in [-0.39, 0.29) is 11.4 Å². The first-order chi connectivity index (χ1) is 10.4. The lowest BCUT2D eigenvalue weighted by Gasteiger charge is -2.34. The fraction of sp³-hybridized carbons (Fsp3) is 0.462. The molecule has 1 aliphatic heterocycles. The molecule has 0 amide bonds. The number of likely N-dealkylation sites (tertiary alicyclic amines) is 1. The first kappa shape index (κ1) is 16.6. The highest BCUT2D eigenvalue weighted by molar-refractivity contribution is 8.23. The Morgan fingerprint density at radius 1 is 1.32 bits per heavy atom. The third-order valence-electron chi connectivity index (χ3n) is 3.58. The highest BCUT2D eigenvalue weighted by Gasteiger charge is 2.25. The molecule has 1 aromatic rings. The van der Waals surface area contributed by atoms with Crippen LogP contribution >= 0.6 is 24.0 Å². The topological polar surface area (TPSA) is 89.5 Å². The molecule has 0 radical (unpaired) electrons. The number of hydrogen-bond donors (Lipinski definition) is 0. The van der Waals surface area contributed by atoms with E-state index >= 15 is 0 Å². The average molecular weight is 341 g/mol. The molecule has 1 aromatic carbocycles. The minimum absolute atomic E-state index is 0.286. The lowest BCUT2D eigenvalue weighted by molar-refractivity contribution is -0.396. The molecule has 0 bridgehead atoms. The fourth-order valence-corrected chi connectivity index (χ4v) is 3.86. The van der Waals surface area contributed by atoms with Crippen LogP contribution in [0.2, 0.25) is 0 Å². The van der Waals surface area contributed by atoms with Crippen LogP contribution in [0, 0.1) is 20.2 Å². The number of non-ortho nitro benzene ring substituents is 1. The highest BCUT2D eigenvalue weighted by Crippen LogP contribution is 2.35. The van der Waals surface area contributed by atoms with Gasteiger partial charge in [0.25, 0.3) is 11.4 Å². The van der Waals surface area contributed by atoms with E-state index in [1.807, 2.05) is 0 Å². The predicted molar refractivity (Wildman–Crippen MR) is 88.2 cm³/mol. The molecule has 1 atom stereocenters. The monoisotopic (exact) mass is 341 g/mol. The highest BCUT2D eigenvalue weighted by atomic mass is 32.2. The minimum Gasteiger partial charge on any atom is -0.355 e. The van der Waals surface area contributed by atoms with Crippen molar-refractivity contribution in [1.29, 1.82) is 0 Å². The van der Waals surface area contributed by atoms with E-state index in [1.165, 1.54) is 12.1 Å². The number of nitro benzene ring substituents is 2. The molecule has 0 aliphatic carbocycles. The lowest BCUT2D eigenvalue weighted by atomic mass is 10.1. The van der Waals surface area contributed by atoms with Gasteiger partial charge in [0.05, 0.1) is 20.8 Å². The number of thiocarbonyl (C=S) groups is 1. The number of rotatable bonds is 3. The Hall–Kier alpha value is -1.74. The van der Waals surface area contributed by atoms with E-state index < -0.39 is 9.85 Å². The molecule has 118 valence electrons. The predicted octanol–water partition coefficient (Wildman–Crippen LogP) is 3.75. The molecule has 1 fully saturated rings. The summed E-state index contributed by atoms with van der Waals surface area (Å²) in [5.74, 6) is 0. The number of hydrogen-bond acceptors (Lipinski definition) is 6. The fourth-order valence-electron chi connectivity index (χ4n) is 2.37. The van der Waals surface area contributed by atoms with Gasteiger partial charge >= 0.3 is 0 Å². The Morgan fingerprint density at radius 3 is 2.64 bits per heavy atom. The molecule has 7 nitrogen and oxygen atoms in total. The zero-order chi connectivity index (χ0) is 16.3.